The molecule has 0 saturated carbocycles. The Hall–Kier alpha value is -4.15. The van der Waals surface area contributed by atoms with Crippen molar-refractivity contribution in [1.29, 1.82) is 0 Å². The zero-order valence-electron chi connectivity index (χ0n) is 23.7. The Morgan fingerprint density at radius 2 is 1.56 bits per heavy atom. The molecule has 1 aliphatic rings. The maximum Gasteiger partial charge on any atom is 0.416 e. The second kappa shape index (κ2) is 11.2. The molecule has 2 aromatic carbocycles. The summed E-state index contributed by atoms with van der Waals surface area (Å²) in [4.78, 5) is 33.8. The normalized spacial score (nSPS) is 16.4. The molecule has 0 spiro atoms. The highest BCUT2D eigenvalue weighted by Gasteiger charge is 2.38. The van der Waals surface area contributed by atoms with Crippen LogP contribution < -0.4 is 5.56 Å². The van der Waals surface area contributed by atoms with Crippen LogP contribution in [0.25, 0.3) is 22.0 Å². The number of nitrogens with zero attached hydrogens (tertiary/aromatic N) is 3. The van der Waals surface area contributed by atoms with Crippen LogP contribution in [0.5, 0.6) is 0 Å². The standard InChI is InChI=1S/C32H29F6N3O2/c1-18(2)22-10-12-41-28(26(21-8-6-19(3)7-9-21)25-5-4-11-39-27(25)29(41)42)30(43)40(17-22)16-20-13-23(31(33,34)35)15-24(14-20)32(36,37)38/h4-9,11,13-15,18,22H,10,12,16-17H2,1-3H3. The topological polar surface area (TPSA) is 55.2 Å². The molecule has 0 bridgehead atoms. The molecule has 226 valence electrons. The predicted octanol–water partition coefficient (Wildman–Crippen LogP) is 7.73. The van der Waals surface area contributed by atoms with Crippen molar-refractivity contribution in [2.45, 2.75) is 52.6 Å². The third-order valence-electron chi connectivity index (χ3n) is 8.00. The van der Waals surface area contributed by atoms with Gasteiger partial charge in [0.1, 0.15) is 11.2 Å². The number of amides is 1. The molecule has 0 fully saturated rings. The molecule has 1 amide bonds. The maximum absolute atomic E-state index is 14.5. The van der Waals surface area contributed by atoms with Crippen LogP contribution in [0.1, 0.15) is 53.0 Å². The summed E-state index contributed by atoms with van der Waals surface area (Å²) in [5, 5.41) is 0.426. The summed E-state index contributed by atoms with van der Waals surface area (Å²) >= 11 is 0. The third kappa shape index (κ3) is 6.03. The second-order valence-corrected chi connectivity index (χ2v) is 11.3. The van der Waals surface area contributed by atoms with Crippen molar-refractivity contribution in [3.05, 3.63) is 99.1 Å². The molecule has 1 unspecified atom stereocenters. The Bertz CT molecular complexity index is 1710. The van der Waals surface area contributed by atoms with E-state index in [9.17, 15) is 35.9 Å². The monoisotopic (exact) mass is 601 g/mol. The van der Waals surface area contributed by atoms with E-state index in [0.717, 1.165) is 5.56 Å². The number of carbonyl (C=O) groups is 1. The molecular formula is C32H29F6N3O2. The number of rotatable bonds is 4. The van der Waals surface area contributed by atoms with Gasteiger partial charge in [0.25, 0.3) is 11.5 Å². The van der Waals surface area contributed by atoms with E-state index < -0.39 is 41.5 Å². The lowest BCUT2D eigenvalue weighted by atomic mass is 9.89. The lowest BCUT2D eigenvalue weighted by molar-refractivity contribution is -0.143. The zero-order chi connectivity index (χ0) is 31.3. The summed E-state index contributed by atoms with van der Waals surface area (Å²) in [6.07, 6.45) is -8.12. The molecular weight excluding hydrogens is 572 g/mol. The maximum atomic E-state index is 14.5. The van der Waals surface area contributed by atoms with Crippen molar-refractivity contribution < 1.29 is 31.1 Å². The van der Waals surface area contributed by atoms with Crippen LogP contribution in [-0.4, -0.2) is 26.9 Å². The molecule has 1 aliphatic heterocycles. The van der Waals surface area contributed by atoms with Gasteiger partial charge < -0.3 is 9.47 Å². The number of carbonyl (C=O) groups excluding carboxylic acids is 1. The van der Waals surface area contributed by atoms with Gasteiger partial charge in [-0.1, -0.05) is 49.7 Å². The average Bonchev–Trinajstić information content (AvgIpc) is 2.93. The molecule has 5 nitrogen and oxygen atoms in total. The number of halogens is 6. The number of hydrogen-bond donors (Lipinski definition) is 0. The fraction of sp³-hybridized carbons (Fsp3) is 0.344. The summed E-state index contributed by atoms with van der Waals surface area (Å²) < 4.78 is 83.2. The Morgan fingerprint density at radius 1 is 0.930 bits per heavy atom. The quantitative estimate of drug-likeness (QED) is 0.225. The SMILES string of the molecule is Cc1ccc(-c2c3n(c(=O)c4ncccc24)CCC(C(C)C)CN(Cc2cc(C(F)(F)F)cc(C(F)(F)F)c2)C3=O)cc1. The molecule has 1 atom stereocenters. The van der Waals surface area contributed by atoms with Gasteiger partial charge in [0.05, 0.1) is 11.1 Å². The first kappa shape index (κ1) is 30.3. The third-order valence-corrected chi connectivity index (χ3v) is 8.00. The van der Waals surface area contributed by atoms with Gasteiger partial charge in [-0.15, -0.1) is 0 Å². The number of hydrogen-bond acceptors (Lipinski definition) is 3. The molecule has 0 saturated heterocycles. The Morgan fingerprint density at radius 3 is 2.14 bits per heavy atom. The van der Waals surface area contributed by atoms with E-state index in [4.69, 9.17) is 0 Å². The van der Waals surface area contributed by atoms with Crippen LogP contribution in [0.15, 0.2) is 65.6 Å². The van der Waals surface area contributed by atoms with Crippen LogP contribution in [0, 0.1) is 18.8 Å². The molecule has 0 radical (unpaired) electrons. The van der Waals surface area contributed by atoms with Gasteiger partial charge >= 0.3 is 12.4 Å². The van der Waals surface area contributed by atoms with Crippen molar-refractivity contribution in [2.75, 3.05) is 6.54 Å². The van der Waals surface area contributed by atoms with E-state index in [-0.39, 0.29) is 47.8 Å². The van der Waals surface area contributed by atoms with Crippen LogP contribution in [0.2, 0.25) is 0 Å². The van der Waals surface area contributed by atoms with Crippen LogP contribution in [0.4, 0.5) is 26.3 Å². The lowest BCUT2D eigenvalue weighted by Gasteiger charge is -2.34. The van der Waals surface area contributed by atoms with E-state index in [1.165, 1.54) is 15.7 Å². The van der Waals surface area contributed by atoms with Crippen molar-refractivity contribution in [1.82, 2.24) is 14.5 Å². The van der Waals surface area contributed by atoms with Gasteiger partial charge in [-0.25, -0.2) is 0 Å². The Labute approximate surface area is 243 Å². The lowest BCUT2D eigenvalue weighted by Crippen LogP contribution is -2.43. The zero-order valence-corrected chi connectivity index (χ0v) is 23.7. The molecule has 43 heavy (non-hydrogen) atoms. The van der Waals surface area contributed by atoms with Gasteiger partial charge in [-0.05, 0) is 60.6 Å². The summed E-state index contributed by atoms with van der Waals surface area (Å²) in [5.74, 6) is -0.830. The first-order valence-corrected chi connectivity index (χ1v) is 13.8. The fourth-order valence-corrected chi connectivity index (χ4v) is 5.63. The Balaban J connectivity index is 1.74. The highest BCUT2D eigenvalue weighted by molar-refractivity contribution is 6.07. The molecule has 0 aliphatic carbocycles. The predicted molar refractivity (Wildman–Crippen MR) is 150 cm³/mol. The van der Waals surface area contributed by atoms with Gasteiger partial charge in [-0.3, -0.25) is 14.6 Å². The smallest absolute Gasteiger partial charge is 0.333 e. The largest absolute Gasteiger partial charge is 0.416 e. The minimum Gasteiger partial charge on any atom is -0.333 e. The first-order chi connectivity index (χ1) is 20.1. The van der Waals surface area contributed by atoms with Crippen LogP contribution >= 0.6 is 0 Å². The Kier molecular flexibility index (Phi) is 7.87. The minimum atomic E-state index is -5.03. The minimum absolute atomic E-state index is 0.00921. The van der Waals surface area contributed by atoms with Crippen LogP contribution in [-0.2, 0) is 25.4 Å². The number of pyridine rings is 2. The molecule has 11 heteroatoms. The average molecular weight is 602 g/mol. The van der Waals surface area contributed by atoms with Gasteiger partial charge in [-0.2, -0.15) is 26.3 Å². The molecule has 3 heterocycles. The highest BCUT2D eigenvalue weighted by Crippen LogP contribution is 2.38. The van der Waals surface area contributed by atoms with Crippen molar-refractivity contribution in [3.63, 3.8) is 0 Å². The van der Waals surface area contributed by atoms with Crippen molar-refractivity contribution in [3.8, 4) is 11.1 Å². The van der Waals surface area contributed by atoms with E-state index in [2.05, 4.69) is 4.98 Å². The molecule has 4 aromatic rings. The fourth-order valence-electron chi connectivity index (χ4n) is 5.63. The number of benzene rings is 2. The van der Waals surface area contributed by atoms with Gasteiger partial charge in [0.15, 0.2) is 0 Å². The molecule has 5 rings (SSSR count). The van der Waals surface area contributed by atoms with Gasteiger partial charge in [0.2, 0.25) is 0 Å². The van der Waals surface area contributed by atoms with Crippen LogP contribution in [0.3, 0.4) is 0 Å². The summed E-state index contributed by atoms with van der Waals surface area (Å²) in [6, 6.07) is 12.0. The second-order valence-electron chi connectivity index (χ2n) is 11.3. The van der Waals surface area contributed by atoms with E-state index in [0.29, 0.717) is 35.1 Å². The van der Waals surface area contributed by atoms with Crippen molar-refractivity contribution >= 4 is 16.8 Å². The van der Waals surface area contributed by atoms with E-state index in [1.54, 1.807) is 24.3 Å². The summed E-state index contributed by atoms with van der Waals surface area (Å²) in [7, 11) is 0. The number of alkyl halides is 6. The van der Waals surface area contributed by atoms with E-state index >= 15 is 0 Å². The van der Waals surface area contributed by atoms with Crippen molar-refractivity contribution in [2.24, 2.45) is 11.8 Å². The highest BCUT2D eigenvalue weighted by atomic mass is 19.4. The number of fused-ring (bicyclic) bond motifs is 2. The van der Waals surface area contributed by atoms with Gasteiger partial charge in [0, 0.05) is 36.8 Å². The van der Waals surface area contributed by atoms with E-state index in [1.807, 2.05) is 32.9 Å². The summed E-state index contributed by atoms with van der Waals surface area (Å²) in [5.41, 5.74) is -1.50. The first-order valence-electron chi connectivity index (χ1n) is 13.8. The number of aromatic nitrogens is 2. The summed E-state index contributed by atoms with van der Waals surface area (Å²) in [6.45, 7) is 5.51. The molecule has 2 aromatic heterocycles. The number of aryl methyl sites for hydroxylation is 1. The molecule has 0 N–H and O–H groups in total.